The van der Waals surface area contributed by atoms with Gasteiger partial charge in [-0.25, -0.2) is 4.98 Å². The Morgan fingerprint density at radius 1 is 1.26 bits per heavy atom. The molecule has 1 amide bonds. The quantitative estimate of drug-likeness (QED) is 0.927. The molecule has 0 spiro atoms. The maximum Gasteiger partial charge on any atom is 0.226 e. The molecule has 1 saturated heterocycles. The number of halogens is 1. The molecule has 1 N–H and O–H groups in total. The number of carbonyl (C=O) groups excluding carboxylic acids is 1. The molecule has 2 heterocycles. The van der Waals surface area contributed by atoms with Gasteiger partial charge < -0.3 is 9.88 Å². The highest BCUT2D eigenvalue weighted by Gasteiger charge is 2.47. The molecule has 1 aromatic carbocycles. The summed E-state index contributed by atoms with van der Waals surface area (Å²) >= 11 is 5.95. The van der Waals surface area contributed by atoms with E-state index < -0.39 is 0 Å². The van der Waals surface area contributed by atoms with Crippen LogP contribution in [0.1, 0.15) is 49.0 Å². The van der Waals surface area contributed by atoms with Crippen molar-refractivity contribution in [2.75, 3.05) is 6.54 Å². The molecule has 1 aliphatic carbocycles. The lowest BCUT2D eigenvalue weighted by Gasteiger charge is -2.35. The number of nitrogens with zero attached hydrogens (tertiary/aromatic N) is 2. The highest BCUT2D eigenvalue weighted by atomic mass is 35.5. The van der Waals surface area contributed by atoms with E-state index in [-0.39, 0.29) is 17.9 Å². The number of carbonyl (C=O) groups is 1. The lowest BCUT2D eigenvalue weighted by Crippen LogP contribution is -2.40. The van der Waals surface area contributed by atoms with Crippen LogP contribution in [-0.2, 0) is 4.79 Å². The lowest BCUT2D eigenvalue weighted by molar-refractivity contribution is -0.136. The van der Waals surface area contributed by atoms with Crippen LogP contribution < -0.4 is 0 Å². The van der Waals surface area contributed by atoms with Gasteiger partial charge >= 0.3 is 0 Å². The molecule has 1 saturated carbocycles. The molecule has 0 bridgehead atoms. The van der Waals surface area contributed by atoms with Crippen molar-refractivity contribution in [2.45, 2.75) is 37.6 Å². The molecular weight excluding hydrogens is 310 g/mol. The zero-order valence-electron chi connectivity index (χ0n) is 12.9. The Bertz CT molecular complexity index is 683. The second kappa shape index (κ2) is 6.00. The number of nitrogens with one attached hydrogen (secondary N) is 1. The molecule has 3 atom stereocenters. The average Bonchev–Trinajstić information content (AvgIpc) is 3.19. The number of imidazole rings is 1. The number of benzene rings is 1. The molecule has 120 valence electrons. The molecule has 0 unspecified atom stereocenters. The topological polar surface area (TPSA) is 49.0 Å². The fraction of sp³-hybridized carbons (Fsp3) is 0.444. The largest absolute Gasteiger partial charge is 0.347 e. The summed E-state index contributed by atoms with van der Waals surface area (Å²) in [4.78, 5) is 22.6. The van der Waals surface area contributed by atoms with Crippen LogP contribution in [-0.4, -0.2) is 27.3 Å². The highest BCUT2D eigenvalue weighted by molar-refractivity contribution is 6.30. The van der Waals surface area contributed by atoms with Gasteiger partial charge in [-0.05, 0) is 49.3 Å². The summed E-state index contributed by atoms with van der Waals surface area (Å²) in [5.41, 5.74) is 1.22. The van der Waals surface area contributed by atoms with E-state index in [4.69, 9.17) is 11.6 Å². The van der Waals surface area contributed by atoms with Crippen molar-refractivity contribution in [3.05, 3.63) is 53.1 Å². The van der Waals surface area contributed by atoms with Gasteiger partial charge in [-0.15, -0.1) is 0 Å². The van der Waals surface area contributed by atoms with Crippen LogP contribution in [0.5, 0.6) is 0 Å². The number of hydrogen-bond donors (Lipinski definition) is 1. The number of aromatic amines is 1. The fourth-order valence-electron chi connectivity index (χ4n) is 3.70. The summed E-state index contributed by atoms with van der Waals surface area (Å²) < 4.78 is 0. The molecule has 5 heteroatoms. The van der Waals surface area contributed by atoms with Crippen LogP contribution in [0.3, 0.4) is 0 Å². The number of H-pyrrole nitrogens is 1. The van der Waals surface area contributed by atoms with Gasteiger partial charge in [0.05, 0.1) is 6.04 Å². The molecule has 0 radical (unpaired) electrons. The predicted octanol–water partition coefficient (Wildman–Crippen LogP) is 3.92. The first-order valence-electron chi connectivity index (χ1n) is 8.29. The van der Waals surface area contributed by atoms with E-state index in [2.05, 4.69) is 9.97 Å². The van der Waals surface area contributed by atoms with Crippen LogP contribution >= 0.6 is 11.6 Å². The van der Waals surface area contributed by atoms with Gasteiger partial charge in [-0.3, -0.25) is 4.79 Å². The Morgan fingerprint density at radius 2 is 2.09 bits per heavy atom. The van der Waals surface area contributed by atoms with Crippen molar-refractivity contribution < 1.29 is 4.79 Å². The van der Waals surface area contributed by atoms with E-state index in [1.54, 1.807) is 6.20 Å². The minimum absolute atomic E-state index is 0.109. The van der Waals surface area contributed by atoms with Crippen LogP contribution in [0, 0.1) is 5.92 Å². The van der Waals surface area contributed by atoms with Gasteiger partial charge in [0.1, 0.15) is 5.82 Å². The lowest BCUT2D eigenvalue weighted by atomic mass is 10.00. The second-order valence-electron chi connectivity index (χ2n) is 6.52. The molecule has 4 nitrogen and oxygen atoms in total. The zero-order valence-corrected chi connectivity index (χ0v) is 13.7. The Kier molecular flexibility index (Phi) is 3.85. The Hall–Kier alpha value is -1.81. The summed E-state index contributed by atoms with van der Waals surface area (Å²) in [7, 11) is 0. The number of rotatable bonds is 3. The summed E-state index contributed by atoms with van der Waals surface area (Å²) in [5.74, 6) is 1.67. The van der Waals surface area contributed by atoms with Crippen LogP contribution in [0.15, 0.2) is 36.7 Å². The summed E-state index contributed by atoms with van der Waals surface area (Å²) in [5, 5.41) is 0.742. The Balaban J connectivity index is 1.49. The minimum Gasteiger partial charge on any atom is -0.347 e. The third-order valence-electron chi connectivity index (χ3n) is 5.03. The van der Waals surface area contributed by atoms with E-state index in [1.165, 1.54) is 5.56 Å². The normalized spacial score (nSPS) is 27.0. The predicted molar refractivity (Wildman–Crippen MR) is 89.2 cm³/mol. The molecule has 1 aromatic heterocycles. The molecule has 23 heavy (non-hydrogen) atoms. The monoisotopic (exact) mass is 329 g/mol. The number of amides is 1. The summed E-state index contributed by atoms with van der Waals surface area (Å²) in [6.07, 6.45) is 7.78. The van der Waals surface area contributed by atoms with E-state index in [9.17, 15) is 4.79 Å². The first-order chi connectivity index (χ1) is 11.2. The van der Waals surface area contributed by atoms with Crippen molar-refractivity contribution in [3.63, 3.8) is 0 Å². The molecule has 4 rings (SSSR count). The standard InChI is InChI=1S/C18H20ClN3O/c19-13-6-4-12(5-7-13)14-11-15(14)18(23)22-10-2-1-3-16(22)17-20-8-9-21-17/h4-9,14-16H,1-3,10-11H2,(H,20,21)/t14-,15+,16+/m0/s1. The number of aromatic nitrogens is 2. The van der Waals surface area contributed by atoms with Crippen molar-refractivity contribution in [1.82, 2.24) is 14.9 Å². The second-order valence-corrected chi connectivity index (χ2v) is 6.95. The van der Waals surface area contributed by atoms with E-state index in [1.807, 2.05) is 35.4 Å². The third kappa shape index (κ3) is 2.88. The molecular formula is C18H20ClN3O. The van der Waals surface area contributed by atoms with Crippen molar-refractivity contribution in [2.24, 2.45) is 5.92 Å². The van der Waals surface area contributed by atoms with Gasteiger partial charge in [-0.2, -0.15) is 0 Å². The van der Waals surface area contributed by atoms with Crippen molar-refractivity contribution >= 4 is 17.5 Å². The SMILES string of the molecule is O=C([C@@H]1C[C@H]1c1ccc(Cl)cc1)N1CCCC[C@@H]1c1ncc[nH]1. The summed E-state index contributed by atoms with van der Waals surface area (Å²) in [6, 6.07) is 8.01. The van der Waals surface area contributed by atoms with Crippen molar-refractivity contribution in [1.29, 1.82) is 0 Å². The Morgan fingerprint density at radius 3 is 2.83 bits per heavy atom. The fourth-order valence-corrected chi connectivity index (χ4v) is 3.82. The maximum absolute atomic E-state index is 13.0. The molecule has 2 fully saturated rings. The first-order valence-corrected chi connectivity index (χ1v) is 8.67. The van der Waals surface area contributed by atoms with Gasteiger partial charge in [0.2, 0.25) is 5.91 Å². The van der Waals surface area contributed by atoms with Crippen LogP contribution in [0.4, 0.5) is 0 Å². The summed E-state index contributed by atoms with van der Waals surface area (Å²) in [6.45, 7) is 0.841. The van der Waals surface area contributed by atoms with Crippen LogP contribution in [0.2, 0.25) is 5.02 Å². The smallest absolute Gasteiger partial charge is 0.226 e. The van der Waals surface area contributed by atoms with E-state index in [0.717, 1.165) is 43.1 Å². The molecule has 2 aromatic rings. The number of likely N-dealkylation sites (tertiary alicyclic amines) is 1. The maximum atomic E-state index is 13.0. The Labute approximate surface area is 140 Å². The van der Waals surface area contributed by atoms with Gasteiger partial charge in [-0.1, -0.05) is 23.7 Å². The average molecular weight is 330 g/mol. The minimum atomic E-state index is 0.109. The van der Waals surface area contributed by atoms with Crippen LogP contribution in [0.25, 0.3) is 0 Å². The number of hydrogen-bond acceptors (Lipinski definition) is 2. The van der Waals surface area contributed by atoms with Gasteiger partial charge in [0.15, 0.2) is 0 Å². The first kappa shape index (κ1) is 14.8. The molecule has 1 aliphatic heterocycles. The van der Waals surface area contributed by atoms with E-state index in [0.29, 0.717) is 5.92 Å². The third-order valence-corrected chi connectivity index (χ3v) is 5.28. The highest BCUT2D eigenvalue weighted by Crippen LogP contribution is 2.49. The van der Waals surface area contributed by atoms with Gasteiger partial charge in [0.25, 0.3) is 0 Å². The van der Waals surface area contributed by atoms with Gasteiger partial charge in [0, 0.05) is 29.9 Å². The number of piperidine rings is 1. The van der Waals surface area contributed by atoms with Crippen molar-refractivity contribution in [3.8, 4) is 0 Å². The van der Waals surface area contributed by atoms with E-state index >= 15 is 0 Å². The zero-order chi connectivity index (χ0) is 15.8. The molecule has 2 aliphatic rings.